The summed E-state index contributed by atoms with van der Waals surface area (Å²) < 4.78 is 51.9. The fourth-order valence-electron chi connectivity index (χ4n) is 3.47. The summed E-state index contributed by atoms with van der Waals surface area (Å²) in [6.07, 6.45) is 3.19. The van der Waals surface area contributed by atoms with Gasteiger partial charge in [0.05, 0.1) is 21.1 Å². The van der Waals surface area contributed by atoms with Gasteiger partial charge in [-0.05, 0) is 55.7 Å². The summed E-state index contributed by atoms with van der Waals surface area (Å²) >= 11 is 0. The third kappa shape index (κ3) is 4.91. The third-order valence-corrected chi connectivity index (χ3v) is 8.89. The molecule has 0 saturated carbocycles. The van der Waals surface area contributed by atoms with Gasteiger partial charge < -0.3 is 5.32 Å². The van der Waals surface area contributed by atoms with Gasteiger partial charge in [0.1, 0.15) is 0 Å². The van der Waals surface area contributed by atoms with Crippen molar-refractivity contribution in [2.75, 3.05) is 24.2 Å². The molecule has 0 unspecified atom stereocenters. The first-order valence-corrected chi connectivity index (χ1v) is 13.1. The Balaban J connectivity index is 1.79. The van der Waals surface area contributed by atoms with Gasteiger partial charge in [-0.2, -0.15) is 4.31 Å². The number of piperidine rings is 1. The molecule has 1 aliphatic heterocycles. The number of sulfonamides is 1. The number of sulfone groups is 1. The highest BCUT2D eigenvalue weighted by atomic mass is 32.2. The topological polar surface area (TPSA) is 101 Å². The molecule has 1 amide bonds. The number of amides is 1. The van der Waals surface area contributed by atoms with Gasteiger partial charge in [0.15, 0.2) is 9.84 Å². The number of hydrogen-bond donors (Lipinski definition) is 1. The summed E-state index contributed by atoms with van der Waals surface area (Å²) in [6.45, 7) is 2.80. The van der Waals surface area contributed by atoms with Crippen LogP contribution in [0.15, 0.2) is 58.3 Å². The second kappa shape index (κ2) is 9.28. The molecule has 2 aromatic carbocycles. The SMILES string of the molecule is CCCS(=O)(=O)c1ccccc1C(=O)Nc1ccc(S(=O)(=O)N2CCCCC2)cc1. The maximum Gasteiger partial charge on any atom is 0.256 e. The van der Waals surface area contributed by atoms with Crippen molar-refractivity contribution in [3.05, 3.63) is 54.1 Å². The lowest BCUT2D eigenvalue weighted by Gasteiger charge is -2.25. The van der Waals surface area contributed by atoms with E-state index in [1.807, 2.05) is 0 Å². The van der Waals surface area contributed by atoms with E-state index in [0.717, 1.165) is 19.3 Å². The largest absolute Gasteiger partial charge is 0.322 e. The molecule has 0 bridgehead atoms. The van der Waals surface area contributed by atoms with Gasteiger partial charge in [0, 0.05) is 18.8 Å². The highest BCUT2D eigenvalue weighted by Crippen LogP contribution is 2.23. The summed E-state index contributed by atoms with van der Waals surface area (Å²) in [4.78, 5) is 12.9. The predicted octanol–water partition coefficient (Wildman–Crippen LogP) is 3.30. The quantitative estimate of drug-likeness (QED) is 0.698. The van der Waals surface area contributed by atoms with Crippen molar-refractivity contribution >= 4 is 31.5 Å². The number of carbonyl (C=O) groups excluding carboxylic acids is 1. The zero-order valence-electron chi connectivity index (χ0n) is 16.9. The number of carbonyl (C=O) groups is 1. The lowest BCUT2D eigenvalue weighted by molar-refractivity contribution is 0.102. The monoisotopic (exact) mass is 450 g/mol. The van der Waals surface area contributed by atoms with Gasteiger partial charge >= 0.3 is 0 Å². The molecule has 1 heterocycles. The Bertz CT molecular complexity index is 1100. The lowest BCUT2D eigenvalue weighted by Crippen LogP contribution is -2.35. The molecule has 162 valence electrons. The Hall–Kier alpha value is -2.23. The van der Waals surface area contributed by atoms with E-state index in [1.54, 1.807) is 19.1 Å². The van der Waals surface area contributed by atoms with E-state index in [-0.39, 0.29) is 21.1 Å². The van der Waals surface area contributed by atoms with Gasteiger partial charge in [-0.3, -0.25) is 4.79 Å². The van der Waals surface area contributed by atoms with Crippen LogP contribution in [0.1, 0.15) is 43.0 Å². The molecule has 9 heteroatoms. The van der Waals surface area contributed by atoms with Crippen LogP contribution in [0.5, 0.6) is 0 Å². The molecule has 7 nitrogen and oxygen atoms in total. The number of nitrogens with one attached hydrogen (secondary N) is 1. The smallest absolute Gasteiger partial charge is 0.256 e. The number of rotatable bonds is 7. The van der Waals surface area contributed by atoms with Crippen LogP contribution in [-0.2, 0) is 19.9 Å². The predicted molar refractivity (Wildman–Crippen MR) is 116 cm³/mol. The lowest BCUT2D eigenvalue weighted by atomic mass is 10.2. The van der Waals surface area contributed by atoms with Crippen molar-refractivity contribution in [2.45, 2.75) is 42.4 Å². The van der Waals surface area contributed by atoms with Crippen LogP contribution in [0.4, 0.5) is 5.69 Å². The number of benzene rings is 2. The zero-order chi connectivity index (χ0) is 21.8. The minimum atomic E-state index is -3.56. The molecule has 0 spiro atoms. The van der Waals surface area contributed by atoms with Crippen LogP contribution in [-0.4, -0.2) is 45.9 Å². The van der Waals surface area contributed by atoms with Gasteiger partial charge in [0.2, 0.25) is 10.0 Å². The van der Waals surface area contributed by atoms with E-state index >= 15 is 0 Å². The van der Waals surface area contributed by atoms with Crippen molar-refractivity contribution in [2.24, 2.45) is 0 Å². The van der Waals surface area contributed by atoms with Gasteiger partial charge in [-0.1, -0.05) is 25.5 Å². The molecule has 0 aliphatic carbocycles. The van der Waals surface area contributed by atoms with E-state index in [1.165, 1.54) is 40.7 Å². The van der Waals surface area contributed by atoms with Crippen molar-refractivity contribution in [3.8, 4) is 0 Å². The Labute approximate surface area is 178 Å². The van der Waals surface area contributed by atoms with E-state index in [9.17, 15) is 21.6 Å². The highest BCUT2D eigenvalue weighted by molar-refractivity contribution is 7.91. The molecule has 1 N–H and O–H groups in total. The second-order valence-corrected chi connectivity index (χ2v) is 11.3. The fraction of sp³-hybridized carbons (Fsp3) is 0.381. The third-order valence-electron chi connectivity index (χ3n) is 5.00. The average Bonchev–Trinajstić information content (AvgIpc) is 2.75. The maximum atomic E-state index is 12.7. The molecule has 0 radical (unpaired) electrons. The molecule has 30 heavy (non-hydrogen) atoms. The van der Waals surface area contributed by atoms with Crippen LogP contribution >= 0.6 is 0 Å². The Morgan fingerprint density at radius 1 is 0.933 bits per heavy atom. The molecule has 0 aromatic heterocycles. The maximum absolute atomic E-state index is 12.7. The van der Waals surface area contributed by atoms with Crippen LogP contribution < -0.4 is 5.32 Å². The molecular formula is C21H26N2O5S2. The average molecular weight is 451 g/mol. The standard InChI is InChI=1S/C21H26N2O5S2/c1-2-16-29(25,26)20-9-5-4-8-19(20)21(24)22-17-10-12-18(13-11-17)30(27,28)23-14-6-3-7-15-23/h4-5,8-13H,2-3,6-7,14-16H2,1H3,(H,22,24). The van der Waals surface area contributed by atoms with Crippen LogP contribution in [0, 0.1) is 0 Å². The summed E-state index contributed by atoms with van der Waals surface area (Å²) in [5.74, 6) is -0.600. The Kier molecular flexibility index (Phi) is 6.95. The van der Waals surface area contributed by atoms with Crippen molar-refractivity contribution in [1.82, 2.24) is 4.31 Å². The molecular weight excluding hydrogens is 424 g/mol. The van der Waals surface area contributed by atoms with E-state index in [2.05, 4.69) is 5.32 Å². The molecule has 1 aliphatic rings. The van der Waals surface area contributed by atoms with Crippen molar-refractivity contribution in [3.63, 3.8) is 0 Å². The van der Waals surface area contributed by atoms with E-state index < -0.39 is 25.8 Å². The van der Waals surface area contributed by atoms with E-state index in [4.69, 9.17) is 0 Å². The minimum absolute atomic E-state index is 0.00588. The van der Waals surface area contributed by atoms with Crippen LogP contribution in [0.25, 0.3) is 0 Å². The first kappa shape index (κ1) is 22.5. The molecule has 1 fully saturated rings. The van der Waals surface area contributed by atoms with Crippen LogP contribution in [0.2, 0.25) is 0 Å². The Morgan fingerprint density at radius 2 is 1.57 bits per heavy atom. The van der Waals surface area contributed by atoms with Gasteiger partial charge in [-0.25, -0.2) is 16.8 Å². The number of anilines is 1. The minimum Gasteiger partial charge on any atom is -0.322 e. The molecule has 3 rings (SSSR count). The van der Waals surface area contributed by atoms with Crippen LogP contribution in [0.3, 0.4) is 0 Å². The highest BCUT2D eigenvalue weighted by Gasteiger charge is 2.26. The fourth-order valence-corrected chi connectivity index (χ4v) is 6.52. The summed E-state index contributed by atoms with van der Waals surface area (Å²) in [5.41, 5.74) is 0.455. The molecule has 2 aromatic rings. The zero-order valence-corrected chi connectivity index (χ0v) is 18.5. The number of nitrogens with zero attached hydrogens (tertiary/aromatic N) is 1. The first-order valence-electron chi connectivity index (χ1n) is 9.99. The molecule has 0 atom stereocenters. The normalized spacial score (nSPS) is 15.6. The summed E-state index contributed by atoms with van der Waals surface area (Å²) in [6, 6.07) is 12.0. The molecule has 1 saturated heterocycles. The second-order valence-electron chi connectivity index (χ2n) is 7.26. The number of hydrogen-bond acceptors (Lipinski definition) is 5. The van der Waals surface area contributed by atoms with Gasteiger partial charge in [0.25, 0.3) is 5.91 Å². The van der Waals surface area contributed by atoms with Crippen molar-refractivity contribution in [1.29, 1.82) is 0 Å². The van der Waals surface area contributed by atoms with Crippen molar-refractivity contribution < 1.29 is 21.6 Å². The summed E-state index contributed by atoms with van der Waals surface area (Å²) in [7, 11) is -7.11. The van der Waals surface area contributed by atoms with Gasteiger partial charge in [-0.15, -0.1) is 0 Å². The first-order chi connectivity index (χ1) is 14.3. The summed E-state index contributed by atoms with van der Waals surface area (Å²) in [5, 5.41) is 2.66. The Morgan fingerprint density at radius 3 is 2.20 bits per heavy atom. The van der Waals surface area contributed by atoms with E-state index in [0.29, 0.717) is 25.2 Å².